The summed E-state index contributed by atoms with van der Waals surface area (Å²) in [6.07, 6.45) is 7.51. The van der Waals surface area contributed by atoms with Crippen LogP contribution in [0.2, 0.25) is 0 Å². The summed E-state index contributed by atoms with van der Waals surface area (Å²) in [5, 5.41) is 9.37. The number of aliphatic hydroxyl groups is 1. The quantitative estimate of drug-likeness (QED) is 0.537. The molecule has 1 aliphatic carbocycles. The Bertz CT molecular complexity index is 290. The predicted molar refractivity (Wildman–Crippen MR) is 80.3 cm³/mol. The van der Waals surface area contributed by atoms with Crippen LogP contribution in [-0.4, -0.2) is 49.6 Å². The molecule has 0 aromatic rings. The van der Waals surface area contributed by atoms with Gasteiger partial charge in [0.2, 0.25) is 0 Å². The van der Waals surface area contributed by atoms with Crippen molar-refractivity contribution in [3.05, 3.63) is 0 Å². The van der Waals surface area contributed by atoms with Crippen molar-refractivity contribution in [2.75, 3.05) is 26.3 Å². The Morgan fingerprint density at radius 2 is 2.05 bits per heavy atom. The first-order valence-corrected chi connectivity index (χ1v) is 7.93. The minimum atomic E-state index is 0.245. The summed E-state index contributed by atoms with van der Waals surface area (Å²) < 4.78 is 5.66. The van der Waals surface area contributed by atoms with Gasteiger partial charge in [-0.2, -0.15) is 0 Å². The van der Waals surface area contributed by atoms with E-state index in [0.29, 0.717) is 0 Å². The molecule has 2 rings (SSSR count). The molecule has 1 heterocycles. The van der Waals surface area contributed by atoms with Gasteiger partial charge in [-0.05, 0) is 0 Å². The number of ether oxygens (including phenoxy) is 1. The van der Waals surface area contributed by atoms with E-state index in [-0.39, 0.29) is 5.77 Å². The van der Waals surface area contributed by atoms with Crippen molar-refractivity contribution in [2.24, 2.45) is 17.8 Å². The number of hydrogen-bond donors (Lipinski definition) is 1. The number of nitrogens with zero attached hydrogens (tertiary/aromatic N) is 1. The number of unbranched alkanes of at least 4 members (excludes halogenated alkanes) is 1. The molecular weight excluding hydrogens is 237 g/mol. The average Bonchev–Trinajstić information content (AvgIpc) is 3.18. The van der Waals surface area contributed by atoms with Crippen LogP contribution in [0.15, 0.2) is 0 Å². The molecule has 1 aliphatic heterocycles. The standard InChI is InChI=1S/C15H28BNO2/c1-2-3-9-19-10-6-13-11-14(13)12-4-7-17(8-5-12)15(16)18/h12-14,16,18H,2-11H2,1H3. The van der Waals surface area contributed by atoms with E-state index < -0.39 is 0 Å². The molecule has 0 radical (unpaired) electrons. The normalized spacial score (nSPS) is 27.5. The van der Waals surface area contributed by atoms with E-state index >= 15 is 0 Å². The van der Waals surface area contributed by atoms with Crippen molar-refractivity contribution in [2.45, 2.75) is 45.4 Å². The van der Waals surface area contributed by atoms with Crippen molar-refractivity contribution < 1.29 is 9.84 Å². The number of hydrogen-bond acceptors (Lipinski definition) is 3. The van der Waals surface area contributed by atoms with Gasteiger partial charge in [0.05, 0.1) is 0 Å². The molecule has 2 aliphatic rings. The van der Waals surface area contributed by atoms with Crippen molar-refractivity contribution >= 4 is 13.3 Å². The van der Waals surface area contributed by atoms with Crippen LogP contribution in [-0.2, 0) is 4.74 Å². The molecule has 0 aromatic heterocycles. The second-order valence-electron chi connectivity index (χ2n) is 6.15. The first-order chi connectivity index (χ1) is 9.22. The fraction of sp³-hybridized carbons (Fsp3) is 0.933. The van der Waals surface area contributed by atoms with E-state index in [1.54, 1.807) is 0 Å². The zero-order chi connectivity index (χ0) is 13.7. The van der Waals surface area contributed by atoms with Crippen LogP contribution < -0.4 is 0 Å². The van der Waals surface area contributed by atoms with Crippen LogP contribution in [0.25, 0.3) is 0 Å². The van der Waals surface area contributed by atoms with E-state index in [1.165, 1.54) is 38.5 Å². The second-order valence-corrected chi connectivity index (χ2v) is 6.15. The Morgan fingerprint density at radius 1 is 1.32 bits per heavy atom. The third-order valence-electron chi connectivity index (χ3n) is 4.76. The van der Waals surface area contributed by atoms with Gasteiger partial charge in [-0.25, -0.2) is 0 Å². The molecule has 2 unspecified atom stereocenters. The van der Waals surface area contributed by atoms with Crippen molar-refractivity contribution in [3.8, 4) is 0 Å². The van der Waals surface area contributed by atoms with Crippen LogP contribution >= 0.6 is 0 Å². The van der Waals surface area contributed by atoms with Crippen molar-refractivity contribution in [3.63, 3.8) is 0 Å². The van der Waals surface area contributed by atoms with Crippen LogP contribution in [0.4, 0.5) is 0 Å². The fourth-order valence-corrected chi connectivity index (χ4v) is 3.35. The van der Waals surface area contributed by atoms with Gasteiger partial charge in [-0.1, -0.05) is 13.3 Å². The van der Waals surface area contributed by atoms with Crippen molar-refractivity contribution in [1.29, 1.82) is 0 Å². The molecule has 0 spiro atoms. The second kappa shape index (κ2) is 7.32. The average molecular weight is 265 g/mol. The Hall–Kier alpha value is -0.505. The molecule has 0 bridgehead atoms. The van der Waals surface area contributed by atoms with Gasteiger partial charge >= 0.3 is 104 Å². The summed E-state index contributed by atoms with van der Waals surface area (Å²) in [5.41, 5.74) is 0. The van der Waals surface area contributed by atoms with Crippen LogP contribution in [0.1, 0.15) is 45.4 Å². The predicted octanol–water partition coefficient (Wildman–Crippen LogP) is 1.90. The Kier molecular flexibility index (Phi) is 5.74. The van der Waals surface area contributed by atoms with Gasteiger partial charge < -0.3 is 0 Å². The zero-order valence-corrected chi connectivity index (χ0v) is 12.3. The molecule has 1 saturated heterocycles. The molecule has 1 N–H and O–H groups in total. The van der Waals surface area contributed by atoms with E-state index in [1.807, 2.05) is 4.90 Å². The van der Waals surface area contributed by atoms with Crippen LogP contribution in [0, 0.1) is 17.8 Å². The third kappa shape index (κ3) is 4.52. The van der Waals surface area contributed by atoms with Crippen molar-refractivity contribution in [1.82, 2.24) is 4.90 Å². The maximum atomic E-state index is 9.37. The van der Waals surface area contributed by atoms with Gasteiger partial charge in [0.1, 0.15) is 0 Å². The van der Waals surface area contributed by atoms with Crippen LogP contribution in [0.3, 0.4) is 0 Å². The van der Waals surface area contributed by atoms with E-state index in [4.69, 9.17) is 4.74 Å². The number of rotatable bonds is 8. The molecule has 0 amide bonds. The van der Waals surface area contributed by atoms with Gasteiger partial charge in [-0.3, -0.25) is 0 Å². The Balaban J connectivity index is 1.55. The number of aliphatic hydroxyl groups excluding tert-OH is 1. The summed E-state index contributed by atoms with van der Waals surface area (Å²) >= 11 is 0. The Morgan fingerprint density at radius 3 is 2.68 bits per heavy atom. The Labute approximate surface area is 118 Å². The topological polar surface area (TPSA) is 32.7 Å². The molecule has 2 atom stereocenters. The number of likely N-dealkylation sites (tertiary alicyclic amines) is 1. The molecule has 1 saturated carbocycles. The van der Waals surface area contributed by atoms with Gasteiger partial charge in [0, 0.05) is 0 Å². The van der Waals surface area contributed by atoms with Crippen LogP contribution in [0.5, 0.6) is 0 Å². The summed E-state index contributed by atoms with van der Waals surface area (Å²) in [6, 6.07) is 0. The number of piperidine rings is 1. The van der Waals surface area contributed by atoms with Gasteiger partial charge in [0.15, 0.2) is 0 Å². The molecule has 0 aromatic carbocycles. The molecular formula is C15H28BNO2. The van der Waals surface area contributed by atoms with Gasteiger partial charge in [-0.15, -0.1) is 0 Å². The van der Waals surface area contributed by atoms with E-state index in [9.17, 15) is 5.11 Å². The summed E-state index contributed by atoms with van der Waals surface area (Å²) in [7, 11) is 3.61. The minimum absolute atomic E-state index is 0.245. The fourth-order valence-electron chi connectivity index (χ4n) is 3.35. The summed E-state index contributed by atoms with van der Waals surface area (Å²) in [5.74, 6) is 2.96. The van der Waals surface area contributed by atoms with E-state index in [2.05, 4.69) is 14.4 Å². The first-order valence-electron chi connectivity index (χ1n) is 7.93. The molecule has 4 heteroatoms. The molecule has 3 nitrogen and oxygen atoms in total. The summed E-state index contributed by atoms with van der Waals surface area (Å²) in [6.45, 7) is 6.05. The SMILES string of the molecule is B=C(O)N1CCC(C2CC2CCOCCCC)CC1. The zero-order valence-electron chi connectivity index (χ0n) is 12.3. The van der Waals surface area contributed by atoms with Gasteiger partial charge in [0.25, 0.3) is 0 Å². The third-order valence-corrected chi connectivity index (χ3v) is 4.76. The molecule has 108 valence electrons. The molecule has 19 heavy (non-hydrogen) atoms. The molecule has 2 fully saturated rings. The first kappa shape index (κ1) is 14.9. The summed E-state index contributed by atoms with van der Waals surface area (Å²) in [4.78, 5) is 2.00. The monoisotopic (exact) mass is 265 g/mol. The van der Waals surface area contributed by atoms with E-state index in [0.717, 1.165) is 44.1 Å². The maximum absolute atomic E-state index is 9.37.